The molecule has 2 aromatic heterocycles. The van der Waals surface area contributed by atoms with Crippen LogP contribution in [-0.2, 0) is 65.2 Å². The number of pyridine rings is 2. The number of esters is 1. The number of nitrogens with two attached hydrogens (primary N) is 1. The van der Waals surface area contributed by atoms with Gasteiger partial charge in [-0.05, 0) is 74.9 Å². The lowest BCUT2D eigenvalue weighted by Crippen LogP contribution is -2.61. The van der Waals surface area contributed by atoms with Crippen LogP contribution in [0.25, 0.3) is 22.3 Å². The topological polar surface area (TPSA) is 312 Å². The van der Waals surface area contributed by atoms with Gasteiger partial charge in [0.2, 0.25) is 18.1 Å². The fraction of sp³-hybridized carbons (Fsp3) is 0.468. The number of nitrogens with zero attached hydrogens (tertiary/aromatic N) is 3. The Balaban J connectivity index is 1.12. The predicted molar refractivity (Wildman–Crippen MR) is 241 cm³/mol. The van der Waals surface area contributed by atoms with E-state index in [0.29, 0.717) is 28.9 Å². The Morgan fingerprint density at radius 1 is 0.985 bits per heavy atom. The summed E-state index contributed by atoms with van der Waals surface area (Å²) in [6.07, 6.45) is -10.2. The van der Waals surface area contributed by atoms with Crippen molar-refractivity contribution in [1.82, 2.24) is 19.8 Å². The first-order valence-corrected chi connectivity index (χ1v) is 22.3. The van der Waals surface area contributed by atoms with Crippen molar-refractivity contribution in [2.75, 3.05) is 11.9 Å². The van der Waals surface area contributed by atoms with Gasteiger partial charge in [-0.25, -0.2) is 19.4 Å². The zero-order valence-corrected chi connectivity index (χ0v) is 38.3. The third-order valence-electron chi connectivity index (χ3n) is 12.7. The largest absolute Gasteiger partial charge is 0.479 e. The number of rotatable bonds is 15. The summed E-state index contributed by atoms with van der Waals surface area (Å²) >= 11 is 0. The number of aliphatic hydroxyl groups is 4. The molecular formula is C47H56N6O15. The molecule has 5 heterocycles. The minimum Gasteiger partial charge on any atom is -0.479 e. The first-order chi connectivity index (χ1) is 32.2. The number of anilines is 1. The highest BCUT2D eigenvalue weighted by molar-refractivity contribution is 5.98. The van der Waals surface area contributed by atoms with Crippen LogP contribution in [0.5, 0.6) is 5.75 Å². The molecule has 7 rings (SSSR count). The SMILES string of the molecule is CC[C@@]1(O)C(=O)OCc2c1cc1n(c2=O)Cc2c-1nc1ccccc1c2CCN(C(=O)OCc1ccc(NC(=O)[C@H](C)NC(=O)[C@@H](N)C(C)C)c(O[C@@H]2OC(C(=O)O)[C@@H](O)[C@H](O)[C@H]2O)c1)C(C)C. The third kappa shape index (κ3) is 9.36. The number of aromatic nitrogens is 2. The number of nitrogens with one attached hydrogen (secondary N) is 2. The lowest BCUT2D eigenvalue weighted by atomic mass is 9.86. The van der Waals surface area contributed by atoms with Gasteiger partial charge < -0.3 is 70.3 Å². The van der Waals surface area contributed by atoms with E-state index in [9.17, 15) is 54.3 Å². The highest BCUT2D eigenvalue weighted by atomic mass is 16.7. The van der Waals surface area contributed by atoms with Crippen molar-refractivity contribution in [1.29, 1.82) is 0 Å². The van der Waals surface area contributed by atoms with E-state index in [0.717, 1.165) is 16.5 Å². The molecule has 0 bridgehead atoms. The number of hydrogen-bond acceptors (Lipinski definition) is 16. The Hall–Kier alpha value is -6.49. The Morgan fingerprint density at radius 2 is 1.71 bits per heavy atom. The van der Waals surface area contributed by atoms with E-state index in [1.54, 1.807) is 31.4 Å². The van der Waals surface area contributed by atoms with Gasteiger partial charge >= 0.3 is 18.0 Å². The van der Waals surface area contributed by atoms with Gasteiger partial charge in [0, 0.05) is 29.1 Å². The molecule has 1 unspecified atom stereocenters. The van der Waals surface area contributed by atoms with Crippen molar-refractivity contribution in [2.45, 2.75) is 129 Å². The van der Waals surface area contributed by atoms with Crippen LogP contribution in [0.1, 0.15) is 75.8 Å². The fourth-order valence-electron chi connectivity index (χ4n) is 8.47. The molecule has 8 atom stereocenters. The molecule has 9 N–H and O–H groups in total. The van der Waals surface area contributed by atoms with Crippen molar-refractivity contribution in [2.24, 2.45) is 11.7 Å². The number of carbonyl (C=O) groups excluding carboxylic acids is 4. The van der Waals surface area contributed by atoms with Crippen LogP contribution in [0.2, 0.25) is 0 Å². The van der Waals surface area contributed by atoms with Crippen LogP contribution < -0.4 is 26.7 Å². The second-order valence-electron chi connectivity index (χ2n) is 17.8. The number of benzene rings is 2. The second-order valence-corrected chi connectivity index (χ2v) is 17.8. The number of ether oxygens (including phenoxy) is 4. The summed E-state index contributed by atoms with van der Waals surface area (Å²) in [7, 11) is 0. The molecule has 3 amide bonds. The average molecular weight is 945 g/mol. The monoisotopic (exact) mass is 944 g/mol. The first-order valence-electron chi connectivity index (χ1n) is 22.3. The summed E-state index contributed by atoms with van der Waals surface area (Å²) in [5.74, 6) is -4.20. The molecule has 1 fully saturated rings. The molecule has 3 aliphatic rings. The Kier molecular flexibility index (Phi) is 14.3. The number of aliphatic carboxylic acids is 1. The smallest absolute Gasteiger partial charge is 0.410 e. The Bertz CT molecular complexity index is 2710. The number of fused-ring (bicyclic) bond motifs is 5. The van der Waals surface area contributed by atoms with Crippen molar-refractivity contribution in [3.8, 4) is 17.1 Å². The highest BCUT2D eigenvalue weighted by Crippen LogP contribution is 2.40. The molecule has 1 saturated heterocycles. The van der Waals surface area contributed by atoms with Crippen LogP contribution in [0, 0.1) is 5.92 Å². The van der Waals surface area contributed by atoms with Crippen molar-refractivity contribution in [3.63, 3.8) is 0 Å². The standard InChI is InChI=1S/C47H56N6O15/c1-7-47(64)29-17-32-35-27(18-53(32)42(59)28(29)20-65-45(47)62)25(26-10-8-9-11-30(26)50-35)14-15-52(22(4)5)46(63)66-19-24-12-13-31(51-40(57)23(6)49-41(58)34(48)21(2)3)33(16-24)67-44-38(56)36(54)37(55)39(68-44)43(60)61/h8-13,16-17,21-23,34,36-39,44,54-56,64H,7,14-15,18-20,48H2,1-6H3,(H,49,58)(H,51,57)(H,60,61)/t23-,34-,36-,37-,38+,39?,44+,47-/m0/s1. The number of carbonyl (C=O) groups is 5. The summed E-state index contributed by atoms with van der Waals surface area (Å²) in [5.41, 5.74) is 7.33. The van der Waals surface area contributed by atoms with E-state index in [1.807, 2.05) is 38.1 Å². The van der Waals surface area contributed by atoms with Gasteiger partial charge in [-0.3, -0.25) is 14.4 Å². The average Bonchev–Trinajstić information content (AvgIpc) is 3.67. The summed E-state index contributed by atoms with van der Waals surface area (Å²) < 4.78 is 23.8. The number of hydrogen-bond donors (Lipinski definition) is 8. The van der Waals surface area contributed by atoms with Crippen molar-refractivity contribution >= 4 is 46.4 Å². The van der Waals surface area contributed by atoms with Gasteiger partial charge in [0.15, 0.2) is 11.7 Å². The molecule has 21 nitrogen and oxygen atoms in total. The van der Waals surface area contributed by atoms with Crippen LogP contribution in [0.4, 0.5) is 10.5 Å². The van der Waals surface area contributed by atoms with Crippen LogP contribution in [-0.4, -0.2) is 125 Å². The number of carboxylic acid groups (broad SMARTS) is 1. The molecule has 21 heteroatoms. The Morgan fingerprint density at radius 3 is 2.38 bits per heavy atom. The molecule has 4 aromatic rings. The molecule has 0 spiro atoms. The molecule has 0 radical (unpaired) electrons. The second kappa shape index (κ2) is 19.6. The van der Waals surface area contributed by atoms with E-state index in [4.69, 9.17) is 29.7 Å². The van der Waals surface area contributed by atoms with Crippen LogP contribution >= 0.6 is 0 Å². The fourth-order valence-corrected chi connectivity index (χ4v) is 8.47. The summed E-state index contributed by atoms with van der Waals surface area (Å²) in [6, 6.07) is 10.9. The van der Waals surface area contributed by atoms with E-state index < -0.39 is 83.8 Å². The molecule has 364 valence electrons. The van der Waals surface area contributed by atoms with E-state index in [1.165, 1.54) is 30.0 Å². The number of carboxylic acids is 1. The molecular weight excluding hydrogens is 889 g/mol. The third-order valence-corrected chi connectivity index (χ3v) is 12.7. The van der Waals surface area contributed by atoms with Gasteiger partial charge in [0.05, 0.1) is 40.7 Å². The maximum Gasteiger partial charge on any atom is 0.410 e. The number of para-hydroxylation sites is 1. The quantitative estimate of drug-likeness (QED) is 0.0687. The van der Waals surface area contributed by atoms with Gasteiger partial charge in [-0.2, -0.15) is 0 Å². The van der Waals surface area contributed by atoms with Crippen molar-refractivity contribution < 1.29 is 68.5 Å². The normalized spacial score (nSPS) is 22.7. The van der Waals surface area contributed by atoms with E-state index in [-0.39, 0.29) is 67.2 Å². The molecule has 0 saturated carbocycles. The van der Waals surface area contributed by atoms with Crippen LogP contribution in [0.15, 0.2) is 53.3 Å². The molecule has 3 aliphatic heterocycles. The summed E-state index contributed by atoms with van der Waals surface area (Å²) in [4.78, 5) is 84.8. The van der Waals surface area contributed by atoms with E-state index in [2.05, 4.69) is 10.6 Å². The molecule has 68 heavy (non-hydrogen) atoms. The van der Waals surface area contributed by atoms with E-state index >= 15 is 0 Å². The van der Waals surface area contributed by atoms with Crippen LogP contribution in [0.3, 0.4) is 0 Å². The highest BCUT2D eigenvalue weighted by Gasteiger charge is 2.49. The number of amides is 3. The molecule has 2 aromatic carbocycles. The Labute approximate surface area is 389 Å². The maximum atomic E-state index is 13.9. The lowest BCUT2D eigenvalue weighted by molar-refractivity contribution is -0.271. The lowest BCUT2D eigenvalue weighted by Gasteiger charge is -2.38. The number of aliphatic hydroxyl groups excluding tert-OH is 3. The summed E-state index contributed by atoms with van der Waals surface area (Å²) in [6.45, 7) is 9.83. The minimum atomic E-state index is -2.01. The van der Waals surface area contributed by atoms with Gasteiger partial charge in [0.25, 0.3) is 5.56 Å². The van der Waals surface area contributed by atoms with Gasteiger partial charge in [-0.1, -0.05) is 45.0 Å². The number of cyclic esters (lactones) is 1. The minimum absolute atomic E-state index is 0.00768. The predicted octanol–water partition coefficient (Wildman–Crippen LogP) is 1.37. The van der Waals surface area contributed by atoms with Gasteiger partial charge in [0.1, 0.15) is 43.3 Å². The maximum absolute atomic E-state index is 13.9. The summed E-state index contributed by atoms with van der Waals surface area (Å²) in [5, 5.41) is 58.4. The zero-order valence-electron chi connectivity index (χ0n) is 38.3. The first kappa shape index (κ1) is 49.4. The molecule has 0 aliphatic carbocycles. The van der Waals surface area contributed by atoms with Gasteiger partial charge in [-0.15, -0.1) is 0 Å². The zero-order chi connectivity index (χ0) is 49.5. The van der Waals surface area contributed by atoms with Crippen molar-refractivity contribution in [3.05, 3.63) is 86.7 Å².